The monoisotopic (exact) mass is 438 g/mol. The first-order valence-corrected chi connectivity index (χ1v) is 10.5. The SMILES string of the molecule is CCc1nncn1CCNC(=NCC1CCOC1)NC(C)c1cccc(C(F)(F)F)c1. The van der Waals surface area contributed by atoms with Gasteiger partial charge in [0.05, 0.1) is 18.2 Å². The van der Waals surface area contributed by atoms with E-state index in [9.17, 15) is 13.2 Å². The van der Waals surface area contributed by atoms with Gasteiger partial charge in [-0.2, -0.15) is 13.2 Å². The first-order chi connectivity index (χ1) is 14.9. The van der Waals surface area contributed by atoms with Crippen LogP contribution in [0, 0.1) is 5.92 Å². The Kier molecular flexibility index (Phi) is 7.89. The molecule has 2 aromatic rings. The van der Waals surface area contributed by atoms with Crippen LogP contribution in [0.1, 0.15) is 43.3 Å². The average Bonchev–Trinajstić information content (AvgIpc) is 3.43. The number of nitrogens with one attached hydrogen (secondary N) is 2. The van der Waals surface area contributed by atoms with Gasteiger partial charge in [-0.1, -0.05) is 19.1 Å². The largest absolute Gasteiger partial charge is 0.416 e. The van der Waals surface area contributed by atoms with Crippen molar-refractivity contribution in [3.05, 3.63) is 47.5 Å². The first kappa shape index (κ1) is 23.1. The van der Waals surface area contributed by atoms with Crippen LogP contribution in [0.15, 0.2) is 35.6 Å². The van der Waals surface area contributed by atoms with Crippen molar-refractivity contribution in [1.82, 2.24) is 25.4 Å². The number of alkyl halides is 3. The van der Waals surface area contributed by atoms with Gasteiger partial charge in [-0.15, -0.1) is 10.2 Å². The van der Waals surface area contributed by atoms with Gasteiger partial charge >= 0.3 is 6.18 Å². The highest BCUT2D eigenvalue weighted by atomic mass is 19.4. The van der Waals surface area contributed by atoms with Crippen LogP contribution in [-0.4, -0.2) is 47.0 Å². The third-order valence-corrected chi connectivity index (χ3v) is 5.26. The van der Waals surface area contributed by atoms with Gasteiger partial charge in [0.2, 0.25) is 0 Å². The summed E-state index contributed by atoms with van der Waals surface area (Å²) in [4.78, 5) is 4.66. The van der Waals surface area contributed by atoms with Gasteiger partial charge in [0.1, 0.15) is 12.2 Å². The Bertz CT molecular complexity index is 861. The molecule has 0 bridgehead atoms. The number of benzene rings is 1. The number of halogens is 3. The molecule has 1 aliphatic rings. The molecule has 1 aliphatic heterocycles. The molecule has 0 amide bonds. The minimum absolute atomic E-state index is 0.352. The van der Waals surface area contributed by atoms with E-state index in [0.29, 0.717) is 43.7 Å². The molecule has 0 saturated carbocycles. The van der Waals surface area contributed by atoms with Crippen molar-refractivity contribution in [1.29, 1.82) is 0 Å². The summed E-state index contributed by atoms with van der Waals surface area (Å²) in [5, 5.41) is 14.5. The number of guanidine groups is 1. The number of nitrogens with zero attached hydrogens (tertiary/aromatic N) is 4. The van der Waals surface area contributed by atoms with Crippen molar-refractivity contribution in [2.75, 3.05) is 26.3 Å². The van der Waals surface area contributed by atoms with Crippen molar-refractivity contribution in [2.24, 2.45) is 10.9 Å². The van der Waals surface area contributed by atoms with Crippen LogP contribution in [0.4, 0.5) is 13.2 Å². The summed E-state index contributed by atoms with van der Waals surface area (Å²) in [6.45, 7) is 7.08. The Morgan fingerprint density at radius 1 is 1.39 bits per heavy atom. The van der Waals surface area contributed by atoms with E-state index in [1.807, 2.05) is 18.4 Å². The van der Waals surface area contributed by atoms with Crippen molar-refractivity contribution < 1.29 is 17.9 Å². The van der Waals surface area contributed by atoms with Gasteiger partial charge in [-0.3, -0.25) is 4.99 Å². The van der Waals surface area contributed by atoms with Gasteiger partial charge in [0.25, 0.3) is 0 Å². The zero-order valence-electron chi connectivity index (χ0n) is 17.8. The molecule has 31 heavy (non-hydrogen) atoms. The second-order valence-corrected chi connectivity index (χ2v) is 7.63. The minimum Gasteiger partial charge on any atom is -0.381 e. The van der Waals surface area contributed by atoms with Crippen LogP contribution in [0.25, 0.3) is 0 Å². The Morgan fingerprint density at radius 3 is 2.94 bits per heavy atom. The summed E-state index contributed by atoms with van der Waals surface area (Å²) in [7, 11) is 0. The number of aromatic nitrogens is 3. The van der Waals surface area contributed by atoms with Crippen LogP contribution in [-0.2, 0) is 23.9 Å². The average molecular weight is 438 g/mol. The van der Waals surface area contributed by atoms with E-state index in [0.717, 1.165) is 31.3 Å². The molecule has 2 N–H and O–H groups in total. The standard InChI is InChI=1S/C21H29F3N6O/c1-3-19-29-27-14-30(19)9-8-25-20(26-12-16-7-10-31-13-16)28-15(2)17-5-4-6-18(11-17)21(22,23)24/h4-6,11,14-16H,3,7-10,12-13H2,1-2H3,(H2,25,26,28). The van der Waals surface area contributed by atoms with Crippen LogP contribution in [0.5, 0.6) is 0 Å². The van der Waals surface area contributed by atoms with E-state index < -0.39 is 11.7 Å². The lowest BCUT2D eigenvalue weighted by Gasteiger charge is -2.20. The number of aryl methyl sites for hydroxylation is 1. The minimum atomic E-state index is -4.37. The maximum Gasteiger partial charge on any atom is 0.416 e. The molecule has 0 radical (unpaired) electrons. The van der Waals surface area contributed by atoms with Crippen molar-refractivity contribution >= 4 is 5.96 Å². The smallest absolute Gasteiger partial charge is 0.381 e. The molecule has 0 aliphatic carbocycles. The molecule has 7 nitrogen and oxygen atoms in total. The van der Waals surface area contributed by atoms with Gasteiger partial charge in [0, 0.05) is 38.6 Å². The van der Waals surface area contributed by atoms with E-state index in [1.165, 1.54) is 12.1 Å². The topological polar surface area (TPSA) is 76.4 Å². The van der Waals surface area contributed by atoms with Crippen molar-refractivity contribution in [3.63, 3.8) is 0 Å². The highest BCUT2D eigenvalue weighted by molar-refractivity contribution is 5.80. The lowest BCUT2D eigenvalue weighted by molar-refractivity contribution is -0.137. The third kappa shape index (κ3) is 6.68. The number of aliphatic imine (C=N–C) groups is 1. The summed E-state index contributed by atoms with van der Waals surface area (Å²) in [5.41, 5.74) is -0.117. The molecule has 170 valence electrons. The van der Waals surface area contributed by atoms with E-state index in [4.69, 9.17) is 4.74 Å². The molecule has 1 aromatic carbocycles. The van der Waals surface area contributed by atoms with Gasteiger partial charge < -0.3 is 19.9 Å². The molecular formula is C21H29F3N6O. The van der Waals surface area contributed by atoms with Crippen molar-refractivity contribution in [2.45, 2.75) is 45.5 Å². The summed E-state index contributed by atoms with van der Waals surface area (Å²) < 4.78 is 46.6. The number of rotatable bonds is 8. The predicted octanol–water partition coefficient (Wildman–Crippen LogP) is 3.19. The maximum absolute atomic E-state index is 13.1. The van der Waals surface area contributed by atoms with E-state index in [2.05, 4.69) is 25.8 Å². The highest BCUT2D eigenvalue weighted by Gasteiger charge is 2.30. The molecule has 1 aromatic heterocycles. The lowest BCUT2D eigenvalue weighted by Crippen LogP contribution is -2.40. The summed E-state index contributed by atoms with van der Waals surface area (Å²) in [5.74, 6) is 1.81. The van der Waals surface area contributed by atoms with Gasteiger partial charge in [0.15, 0.2) is 5.96 Å². The fourth-order valence-electron chi connectivity index (χ4n) is 3.41. The number of hydrogen-bond acceptors (Lipinski definition) is 4. The highest BCUT2D eigenvalue weighted by Crippen LogP contribution is 2.30. The molecule has 2 unspecified atom stereocenters. The molecular weight excluding hydrogens is 409 g/mol. The Balaban J connectivity index is 1.66. The Morgan fingerprint density at radius 2 is 2.23 bits per heavy atom. The molecule has 2 atom stereocenters. The van der Waals surface area contributed by atoms with Crippen LogP contribution < -0.4 is 10.6 Å². The second-order valence-electron chi connectivity index (χ2n) is 7.63. The molecule has 1 fully saturated rings. The Labute approximate surface area is 180 Å². The number of hydrogen-bond donors (Lipinski definition) is 2. The lowest BCUT2D eigenvalue weighted by atomic mass is 10.1. The predicted molar refractivity (Wildman–Crippen MR) is 112 cm³/mol. The van der Waals surface area contributed by atoms with E-state index >= 15 is 0 Å². The molecule has 2 heterocycles. The summed E-state index contributed by atoms with van der Waals surface area (Å²) >= 11 is 0. The normalized spacial score (nSPS) is 18.2. The molecule has 0 spiro atoms. The zero-order chi connectivity index (χ0) is 22.3. The number of ether oxygens (including phenoxy) is 1. The van der Waals surface area contributed by atoms with Gasteiger partial charge in [-0.05, 0) is 31.0 Å². The molecule has 3 rings (SSSR count). The molecule has 10 heteroatoms. The van der Waals surface area contributed by atoms with E-state index in [1.54, 1.807) is 12.4 Å². The van der Waals surface area contributed by atoms with Crippen molar-refractivity contribution in [3.8, 4) is 0 Å². The first-order valence-electron chi connectivity index (χ1n) is 10.5. The van der Waals surface area contributed by atoms with Gasteiger partial charge in [-0.25, -0.2) is 0 Å². The quantitative estimate of drug-likeness (QED) is 0.489. The van der Waals surface area contributed by atoms with Crippen LogP contribution >= 0.6 is 0 Å². The van der Waals surface area contributed by atoms with Crippen LogP contribution in [0.3, 0.4) is 0 Å². The summed E-state index contributed by atoms with van der Waals surface area (Å²) in [6.07, 6.45) is -0.941. The zero-order valence-corrected chi connectivity index (χ0v) is 17.8. The fraction of sp³-hybridized carbons (Fsp3) is 0.571. The third-order valence-electron chi connectivity index (χ3n) is 5.26. The fourth-order valence-corrected chi connectivity index (χ4v) is 3.41. The second kappa shape index (κ2) is 10.6. The Hall–Kier alpha value is -2.62. The molecule has 1 saturated heterocycles. The maximum atomic E-state index is 13.1. The van der Waals surface area contributed by atoms with Crippen LogP contribution in [0.2, 0.25) is 0 Å². The summed E-state index contributed by atoms with van der Waals surface area (Å²) in [6, 6.07) is 5.00. The van der Waals surface area contributed by atoms with E-state index in [-0.39, 0.29) is 6.04 Å².